The van der Waals surface area contributed by atoms with Crippen LogP contribution in [0.4, 0.5) is 0 Å². The summed E-state index contributed by atoms with van der Waals surface area (Å²) >= 11 is 4.83. The molecule has 0 radical (unpaired) electrons. The summed E-state index contributed by atoms with van der Waals surface area (Å²) in [5.41, 5.74) is 1.20. The predicted octanol–water partition coefficient (Wildman–Crippen LogP) is 3.57. The standard InChI is InChI=1S/C12H8BrN3S/c1-8-6-10(7-14)16-12(15-8)17-11-4-2-9(13)3-5-11/h2-6H,1H3. The normalized spacial score (nSPS) is 9.94. The van der Waals surface area contributed by atoms with Crippen molar-refractivity contribution in [1.82, 2.24) is 9.97 Å². The maximum Gasteiger partial charge on any atom is 0.193 e. The van der Waals surface area contributed by atoms with E-state index in [1.807, 2.05) is 37.3 Å². The first-order valence-electron chi connectivity index (χ1n) is 4.86. The Balaban J connectivity index is 2.27. The van der Waals surface area contributed by atoms with Crippen LogP contribution in [-0.2, 0) is 0 Å². The van der Waals surface area contributed by atoms with Gasteiger partial charge >= 0.3 is 0 Å². The summed E-state index contributed by atoms with van der Waals surface area (Å²) in [6.45, 7) is 1.86. The zero-order valence-electron chi connectivity index (χ0n) is 9.01. The van der Waals surface area contributed by atoms with Gasteiger partial charge in [-0.3, -0.25) is 0 Å². The van der Waals surface area contributed by atoms with E-state index >= 15 is 0 Å². The van der Waals surface area contributed by atoms with E-state index < -0.39 is 0 Å². The SMILES string of the molecule is Cc1cc(C#N)nc(Sc2ccc(Br)cc2)n1. The molecule has 0 saturated carbocycles. The van der Waals surface area contributed by atoms with Crippen LogP contribution in [0.25, 0.3) is 0 Å². The van der Waals surface area contributed by atoms with Crippen LogP contribution in [0.3, 0.4) is 0 Å². The Hall–Kier alpha value is -1.38. The smallest absolute Gasteiger partial charge is 0.193 e. The molecule has 0 N–H and O–H groups in total. The number of nitrogens with zero attached hydrogens (tertiary/aromatic N) is 3. The molecule has 1 aromatic heterocycles. The monoisotopic (exact) mass is 305 g/mol. The van der Waals surface area contributed by atoms with E-state index in [0.29, 0.717) is 10.9 Å². The lowest BCUT2D eigenvalue weighted by molar-refractivity contribution is 0.919. The quantitative estimate of drug-likeness (QED) is 0.796. The van der Waals surface area contributed by atoms with Crippen molar-refractivity contribution in [2.45, 2.75) is 17.0 Å². The fourth-order valence-corrected chi connectivity index (χ4v) is 2.33. The second-order valence-electron chi connectivity index (χ2n) is 3.34. The Bertz CT molecular complexity index is 575. The van der Waals surface area contributed by atoms with Crippen LogP contribution in [-0.4, -0.2) is 9.97 Å². The number of benzene rings is 1. The van der Waals surface area contributed by atoms with Crippen molar-refractivity contribution >= 4 is 27.7 Å². The van der Waals surface area contributed by atoms with Gasteiger partial charge in [-0.1, -0.05) is 15.9 Å². The van der Waals surface area contributed by atoms with Gasteiger partial charge in [-0.05, 0) is 49.0 Å². The molecule has 3 nitrogen and oxygen atoms in total. The van der Waals surface area contributed by atoms with E-state index in [-0.39, 0.29) is 0 Å². The van der Waals surface area contributed by atoms with Gasteiger partial charge < -0.3 is 0 Å². The minimum atomic E-state index is 0.400. The van der Waals surface area contributed by atoms with E-state index in [1.54, 1.807) is 6.07 Å². The second kappa shape index (κ2) is 5.30. The molecule has 0 aliphatic rings. The summed E-state index contributed by atoms with van der Waals surface area (Å²) in [7, 11) is 0. The Labute approximate surface area is 112 Å². The summed E-state index contributed by atoms with van der Waals surface area (Å²) in [5.74, 6) is 0. The van der Waals surface area contributed by atoms with E-state index in [2.05, 4.69) is 25.9 Å². The van der Waals surface area contributed by atoms with Gasteiger partial charge in [0, 0.05) is 15.1 Å². The van der Waals surface area contributed by atoms with Crippen LogP contribution in [0.15, 0.2) is 44.9 Å². The molecule has 0 aliphatic carbocycles. The fraction of sp³-hybridized carbons (Fsp3) is 0.0833. The molecule has 1 aromatic carbocycles. The van der Waals surface area contributed by atoms with Gasteiger partial charge in [0.05, 0.1) is 0 Å². The third-order valence-corrected chi connectivity index (χ3v) is 3.37. The molecule has 5 heteroatoms. The summed E-state index contributed by atoms with van der Waals surface area (Å²) in [6, 6.07) is 11.6. The molecular formula is C12H8BrN3S. The first-order chi connectivity index (χ1) is 8.17. The van der Waals surface area contributed by atoms with Gasteiger partial charge in [-0.25, -0.2) is 9.97 Å². The van der Waals surface area contributed by atoms with Crippen molar-refractivity contribution < 1.29 is 0 Å². The van der Waals surface area contributed by atoms with Gasteiger partial charge in [0.25, 0.3) is 0 Å². The third kappa shape index (κ3) is 3.29. The van der Waals surface area contributed by atoms with Crippen LogP contribution in [0.2, 0.25) is 0 Å². The number of halogens is 1. The van der Waals surface area contributed by atoms with E-state index in [9.17, 15) is 0 Å². The van der Waals surface area contributed by atoms with Crippen LogP contribution in [0.1, 0.15) is 11.4 Å². The Morgan fingerprint density at radius 2 is 1.94 bits per heavy atom. The van der Waals surface area contributed by atoms with Crippen molar-refractivity contribution in [1.29, 1.82) is 5.26 Å². The largest absolute Gasteiger partial charge is 0.228 e. The van der Waals surface area contributed by atoms with Crippen LogP contribution >= 0.6 is 27.7 Å². The van der Waals surface area contributed by atoms with E-state index in [1.165, 1.54) is 11.8 Å². The summed E-state index contributed by atoms with van der Waals surface area (Å²) < 4.78 is 1.03. The maximum atomic E-state index is 8.83. The highest BCUT2D eigenvalue weighted by Crippen LogP contribution is 2.26. The first-order valence-corrected chi connectivity index (χ1v) is 6.47. The second-order valence-corrected chi connectivity index (χ2v) is 5.30. The molecule has 84 valence electrons. The number of hydrogen-bond donors (Lipinski definition) is 0. The first kappa shape index (κ1) is 12.1. The van der Waals surface area contributed by atoms with Crippen molar-refractivity contribution in [3.63, 3.8) is 0 Å². The summed E-state index contributed by atoms with van der Waals surface area (Å²) in [4.78, 5) is 9.48. The number of rotatable bonds is 2. The highest BCUT2D eigenvalue weighted by molar-refractivity contribution is 9.10. The van der Waals surface area contributed by atoms with Crippen LogP contribution < -0.4 is 0 Å². The Morgan fingerprint density at radius 3 is 2.59 bits per heavy atom. The number of hydrogen-bond acceptors (Lipinski definition) is 4. The Morgan fingerprint density at radius 1 is 1.24 bits per heavy atom. The summed E-state index contributed by atoms with van der Waals surface area (Å²) in [6.07, 6.45) is 0. The van der Waals surface area contributed by atoms with Gasteiger partial charge in [-0.15, -0.1) is 0 Å². The van der Waals surface area contributed by atoms with Crippen molar-refractivity contribution in [2.24, 2.45) is 0 Å². The zero-order valence-corrected chi connectivity index (χ0v) is 11.4. The van der Waals surface area contributed by atoms with E-state index in [0.717, 1.165) is 15.1 Å². The third-order valence-electron chi connectivity index (χ3n) is 1.97. The van der Waals surface area contributed by atoms with Gasteiger partial charge in [0.15, 0.2) is 5.16 Å². The van der Waals surface area contributed by atoms with E-state index in [4.69, 9.17) is 5.26 Å². The highest BCUT2D eigenvalue weighted by Gasteiger charge is 2.04. The van der Waals surface area contributed by atoms with Gasteiger partial charge in [0.1, 0.15) is 11.8 Å². The van der Waals surface area contributed by atoms with Gasteiger partial charge in [-0.2, -0.15) is 5.26 Å². The molecule has 0 fully saturated rings. The highest BCUT2D eigenvalue weighted by atomic mass is 79.9. The lowest BCUT2D eigenvalue weighted by Gasteiger charge is -2.02. The predicted molar refractivity (Wildman–Crippen MR) is 69.7 cm³/mol. The lowest BCUT2D eigenvalue weighted by atomic mass is 10.4. The maximum absolute atomic E-state index is 8.83. The molecule has 0 unspecified atom stereocenters. The molecular weight excluding hydrogens is 298 g/mol. The van der Waals surface area contributed by atoms with Crippen molar-refractivity contribution in [2.75, 3.05) is 0 Å². The Kier molecular flexibility index (Phi) is 3.77. The molecule has 0 saturated heterocycles. The molecule has 17 heavy (non-hydrogen) atoms. The average Bonchev–Trinajstić information content (AvgIpc) is 2.31. The van der Waals surface area contributed by atoms with Crippen molar-refractivity contribution in [3.05, 3.63) is 46.2 Å². The molecule has 0 aliphatic heterocycles. The number of aryl methyl sites for hydroxylation is 1. The average molecular weight is 306 g/mol. The lowest BCUT2D eigenvalue weighted by Crippen LogP contribution is -1.93. The van der Waals surface area contributed by atoms with Crippen molar-refractivity contribution in [3.8, 4) is 6.07 Å². The zero-order chi connectivity index (χ0) is 12.3. The number of nitriles is 1. The van der Waals surface area contributed by atoms with Crippen LogP contribution in [0.5, 0.6) is 0 Å². The molecule has 1 heterocycles. The topological polar surface area (TPSA) is 49.6 Å². The van der Waals surface area contributed by atoms with Gasteiger partial charge in [0.2, 0.25) is 0 Å². The minimum absolute atomic E-state index is 0.400. The molecule has 2 aromatic rings. The summed E-state index contributed by atoms with van der Waals surface area (Å²) in [5, 5.41) is 9.43. The molecule has 0 atom stereocenters. The molecule has 2 rings (SSSR count). The van der Waals surface area contributed by atoms with Crippen LogP contribution in [0, 0.1) is 18.3 Å². The number of aromatic nitrogens is 2. The molecule has 0 amide bonds. The molecule has 0 spiro atoms. The minimum Gasteiger partial charge on any atom is -0.228 e. The fourth-order valence-electron chi connectivity index (χ4n) is 1.25. The molecule has 0 bridgehead atoms.